The van der Waals surface area contributed by atoms with E-state index in [4.69, 9.17) is 15.9 Å². The maximum Gasteiger partial charge on any atom is 0.123 e. The third-order valence-electron chi connectivity index (χ3n) is 2.81. The highest BCUT2D eigenvalue weighted by Crippen LogP contribution is 2.19. The normalized spacial score (nSPS) is 10.2. The van der Waals surface area contributed by atoms with E-state index in [-0.39, 0.29) is 5.84 Å². The van der Waals surface area contributed by atoms with Gasteiger partial charge in [0.1, 0.15) is 18.2 Å². The van der Waals surface area contributed by atoms with Crippen LogP contribution in [-0.4, -0.2) is 5.84 Å². The summed E-state index contributed by atoms with van der Waals surface area (Å²) in [5.41, 5.74) is 8.28. The van der Waals surface area contributed by atoms with Gasteiger partial charge in [0, 0.05) is 10.0 Å². The topological polar surface area (TPSA) is 59.1 Å². The van der Waals surface area contributed by atoms with Crippen molar-refractivity contribution in [2.45, 2.75) is 13.5 Å². The van der Waals surface area contributed by atoms with Gasteiger partial charge in [0.05, 0.1) is 0 Å². The summed E-state index contributed by atoms with van der Waals surface area (Å²) < 4.78 is 6.77. The lowest BCUT2D eigenvalue weighted by Crippen LogP contribution is -2.12. The van der Waals surface area contributed by atoms with Crippen molar-refractivity contribution in [2.75, 3.05) is 0 Å². The van der Waals surface area contributed by atoms with Crippen molar-refractivity contribution >= 4 is 21.8 Å². The summed E-state index contributed by atoms with van der Waals surface area (Å²) in [5.74, 6) is 0.863. The highest BCUT2D eigenvalue weighted by atomic mass is 79.9. The number of amidine groups is 1. The smallest absolute Gasteiger partial charge is 0.123 e. The number of benzene rings is 2. The fourth-order valence-electron chi connectivity index (χ4n) is 1.78. The summed E-state index contributed by atoms with van der Waals surface area (Å²) in [7, 11) is 0. The second-order valence-corrected chi connectivity index (χ2v) is 5.22. The number of nitrogens with two attached hydrogens (primary N) is 1. The Morgan fingerprint density at radius 2 is 1.89 bits per heavy atom. The van der Waals surface area contributed by atoms with Crippen molar-refractivity contribution in [1.82, 2.24) is 0 Å². The van der Waals surface area contributed by atoms with Crippen molar-refractivity contribution in [3.05, 3.63) is 63.6 Å². The number of halogens is 1. The van der Waals surface area contributed by atoms with Crippen molar-refractivity contribution in [2.24, 2.45) is 5.73 Å². The first-order chi connectivity index (χ1) is 9.06. The molecule has 0 radical (unpaired) electrons. The van der Waals surface area contributed by atoms with E-state index in [0.717, 1.165) is 26.9 Å². The van der Waals surface area contributed by atoms with Gasteiger partial charge in [0.2, 0.25) is 0 Å². The molecule has 0 unspecified atom stereocenters. The molecule has 4 heteroatoms. The minimum atomic E-state index is 0.0805. The minimum Gasteiger partial charge on any atom is -0.489 e. The van der Waals surface area contributed by atoms with Crippen LogP contribution < -0.4 is 10.5 Å². The fourth-order valence-corrected chi connectivity index (χ4v) is 2.04. The van der Waals surface area contributed by atoms with Gasteiger partial charge in [0.25, 0.3) is 0 Å². The molecular weight excluding hydrogens is 304 g/mol. The molecule has 0 saturated heterocycles. The summed E-state index contributed by atoms with van der Waals surface area (Å²) in [5, 5.41) is 7.44. The Morgan fingerprint density at radius 3 is 2.47 bits per heavy atom. The molecular formula is C15H15BrN2O. The van der Waals surface area contributed by atoms with Gasteiger partial charge >= 0.3 is 0 Å². The molecule has 2 aromatic rings. The van der Waals surface area contributed by atoms with Crippen molar-refractivity contribution in [1.29, 1.82) is 5.41 Å². The van der Waals surface area contributed by atoms with Crippen LogP contribution in [0.5, 0.6) is 5.75 Å². The van der Waals surface area contributed by atoms with Crippen LogP contribution in [0.4, 0.5) is 0 Å². The first-order valence-corrected chi connectivity index (χ1v) is 6.68. The molecule has 0 amide bonds. The zero-order chi connectivity index (χ0) is 13.8. The molecule has 3 N–H and O–H groups in total. The van der Waals surface area contributed by atoms with Gasteiger partial charge < -0.3 is 10.5 Å². The lowest BCUT2D eigenvalue weighted by molar-refractivity contribution is 0.306. The van der Waals surface area contributed by atoms with Crippen LogP contribution in [0, 0.1) is 12.3 Å². The van der Waals surface area contributed by atoms with Gasteiger partial charge in [-0.2, -0.15) is 0 Å². The Hall–Kier alpha value is -1.81. The highest BCUT2D eigenvalue weighted by molar-refractivity contribution is 9.10. The second kappa shape index (κ2) is 5.89. The standard InChI is InChI=1S/C15H15BrN2O/c1-10-8-13(6-7-14(10)15(17)18)19-9-11-2-4-12(16)5-3-11/h2-8H,9H2,1H3,(H3,17,18). The van der Waals surface area contributed by atoms with Crippen LogP contribution in [-0.2, 0) is 6.61 Å². The van der Waals surface area contributed by atoms with Crippen molar-refractivity contribution in [3.63, 3.8) is 0 Å². The van der Waals surface area contributed by atoms with E-state index in [9.17, 15) is 0 Å². The number of ether oxygens (including phenoxy) is 1. The zero-order valence-electron chi connectivity index (χ0n) is 10.6. The molecule has 0 atom stereocenters. The summed E-state index contributed by atoms with van der Waals surface area (Å²) in [6.07, 6.45) is 0. The molecule has 2 rings (SSSR count). The SMILES string of the molecule is Cc1cc(OCc2ccc(Br)cc2)ccc1C(=N)N. The molecule has 98 valence electrons. The van der Waals surface area contributed by atoms with E-state index in [1.54, 1.807) is 0 Å². The molecule has 0 spiro atoms. The third kappa shape index (κ3) is 3.58. The molecule has 0 saturated carbocycles. The van der Waals surface area contributed by atoms with Crippen LogP contribution in [0.2, 0.25) is 0 Å². The first kappa shape index (κ1) is 13.6. The molecule has 0 aliphatic carbocycles. The van der Waals surface area contributed by atoms with Crippen LogP contribution in [0.1, 0.15) is 16.7 Å². The van der Waals surface area contributed by atoms with E-state index >= 15 is 0 Å². The molecule has 0 bridgehead atoms. The Balaban J connectivity index is 2.06. The van der Waals surface area contributed by atoms with Gasteiger partial charge in [-0.25, -0.2) is 0 Å². The van der Waals surface area contributed by atoms with E-state index < -0.39 is 0 Å². The van der Waals surface area contributed by atoms with Gasteiger partial charge in [-0.05, 0) is 48.4 Å². The largest absolute Gasteiger partial charge is 0.489 e. The molecule has 0 aliphatic heterocycles. The number of nitrogens with one attached hydrogen (secondary N) is 1. The number of aryl methyl sites for hydroxylation is 1. The van der Waals surface area contributed by atoms with Crippen LogP contribution in [0.3, 0.4) is 0 Å². The summed E-state index contributed by atoms with van der Waals surface area (Å²) in [4.78, 5) is 0. The summed E-state index contributed by atoms with van der Waals surface area (Å²) >= 11 is 3.40. The van der Waals surface area contributed by atoms with Gasteiger partial charge in [-0.1, -0.05) is 28.1 Å². The molecule has 19 heavy (non-hydrogen) atoms. The van der Waals surface area contributed by atoms with Crippen LogP contribution in [0.15, 0.2) is 46.9 Å². The number of hydrogen-bond donors (Lipinski definition) is 2. The second-order valence-electron chi connectivity index (χ2n) is 4.31. The predicted octanol–water partition coefficient (Wildman–Crippen LogP) is 3.62. The quantitative estimate of drug-likeness (QED) is 0.668. The summed E-state index contributed by atoms with van der Waals surface area (Å²) in [6.45, 7) is 2.44. The first-order valence-electron chi connectivity index (χ1n) is 5.88. The average molecular weight is 319 g/mol. The Labute approximate surface area is 121 Å². The molecule has 3 nitrogen and oxygen atoms in total. The van der Waals surface area contributed by atoms with Gasteiger partial charge in [-0.15, -0.1) is 0 Å². The van der Waals surface area contributed by atoms with E-state index in [1.807, 2.05) is 49.4 Å². The molecule has 0 aliphatic rings. The van der Waals surface area contributed by atoms with E-state index in [1.165, 1.54) is 0 Å². The number of nitrogen functional groups attached to an aromatic ring is 1. The van der Waals surface area contributed by atoms with Crippen LogP contribution in [0.25, 0.3) is 0 Å². The number of rotatable bonds is 4. The van der Waals surface area contributed by atoms with E-state index in [2.05, 4.69) is 15.9 Å². The van der Waals surface area contributed by atoms with Gasteiger partial charge in [0.15, 0.2) is 0 Å². The van der Waals surface area contributed by atoms with Gasteiger partial charge in [-0.3, -0.25) is 5.41 Å². The van der Waals surface area contributed by atoms with E-state index in [0.29, 0.717) is 6.61 Å². The average Bonchev–Trinajstić information content (AvgIpc) is 2.37. The molecule has 0 fully saturated rings. The highest BCUT2D eigenvalue weighted by Gasteiger charge is 2.03. The molecule has 0 aromatic heterocycles. The molecule has 2 aromatic carbocycles. The summed E-state index contributed by atoms with van der Waals surface area (Å²) in [6, 6.07) is 13.6. The Morgan fingerprint density at radius 1 is 1.21 bits per heavy atom. The maximum absolute atomic E-state index is 7.44. The fraction of sp³-hybridized carbons (Fsp3) is 0.133. The van der Waals surface area contributed by atoms with Crippen molar-refractivity contribution < 1.29 is 4.74 Å². The lowest BCUT2D eigenvalue weighted by Gasteiger charge is -2.09. The van der Waals surface area contributed by atoms with Crippen LogP contribution >= 0.6 is 15.9 Å². The monoisotopic (exact) mass is 318 g/mol. The Bertz CT molecular complexity index is 594. The zero-order valence-corrected chi connectivity index (χ0v) is 12.2. The Kier molecular flexibility index (Phi) is 4.22. The molecule has 0 heterocycles. The third-order valence-corrected chi connectivity index (χ3v) is 3.34. The minimum absolute atomic E-state index is 0.0805. The predicted molar refractivity (Wildman–Crippen MR) is 80.7 cm³/mol. The number of hydrogen-bond acceptors (Lipinski definition) is 2. The maximum atomic E-state index is 7.44. The van der Waals surface area contributed by atoms with Crippen molar-refractivity contribution in [3.8, 4) is 5.75 Å². The lowest BCUT2D eigenvalue weighted by atomic mass is 10.1.